The molecule has 34 heteroatoms. The Kier molecular flexibility index (Phi) is 24.5. The Bertz CT molecular complexity index is 4370. The van der Waals surface area contributed by atoms with E-state index in [9.17, 15) is 83.2 Å². The number of hydrogen-bond acceptors (Lipinski definition) is 20. The Morgan fingerprint density at radius 3 is 1.24 bits per heavy atom. The Hall–Kier alpha value is -9.60. The van der Waals surface area contributed by atoms with Crippen molar-refractivity contribution in [3.05, 3.63) is 120 Å². The van der Waals surface area contributed by atoms with Crippen LogP contribution in [-0.2, 0) is 104 Å². The number of rotatable bonds is 28. The second-order valence-electron chi connectivity index (χ2n) is 32.5. The van der Waals surface area contributed by atoms with Crippen molar-refractivity contribution >= 4 is 91.4 Å². The Balaban J connectivity index is 0.000000220. The zero-order valence-corrected chi connectivity index (χ0v) is 64.7. The normalized spacial score (nSPS) is 25.1. The van der Waals surface area contributed by atoms with E-state index in [-0.39, 0.29) is 102 Å². The second kappa shape index (κ2) is 33.0. The number of carbonyl (C=O) groups is 12. The molecule has 2 aromatic carbocycles. The molecule has 6 saturated carbocycles. The first kappa shape index (κ1) is 82.4. The van der Waals surface area contributed by atoms with Gasteiger partial charge in [-0.05, 0) is 166 Å². The molecule has 6 aliphatic carbocycles. The molecule has 2 saturated heterocycles. The van der Waals surface area contributed by atoms with E-state index >= 15 is 0 Å². The van der Waals surface area contributed by atoms with Gasteiger partial charge in [0.15, 0.2) is 11.6 Å². The maximum atomic E-state index is 14.5. The molecule has 0 bridgehead atoms. The number of ether oxygens (including phenoxy) is 4. The highest BCUT2D eigenvalue weighted by Gasteiger charge is 2.64. The van der Waals surface area contributed by atoms with Crippen LogP contribution in [0.4, 0.5) is 28.0 Å². The summed E-state index contributed by atoms with van der Waals surface area (Å²) >= 11 is 0. The van der Waals surface area contributed by atoms with Gasteiger partial charge < -0.3 is 50.0 Å². The van der Waals surface area contributed by atoms with Gasteiger partial charge in [-0.2, -0.15) is 0 Å². The summed E-state index contributed by atoms with van der Waals surface area (Å²) in [6.07, 6.45) is 9.65. The Labute approximate surface area is 643 Å². The van der Waals surface area contributed by atoms with E-state index in [4.69, 9.17) is 18.9 Å². The van der Waals surface area contributed by atoms with Crippen molar-refractivity contribution < 1.29 is 102 Å². The number of benzene rings is 2. The third kappa shape index (κ3) is 20.6. The Morgan fingerprint density at radius 2 is 0.928 bits per heavy atom. The Morgan fingerprint density at radius 1 is 0.550 bits per heavy atom. The van der Waals surface area contributed by atoms with Crippen molar-refractivity contribution in [2.24, 2.45) is 23.7 Å². The van der Waals surface area contributed by atoms with Crippen molar-refractivity contribution in [1.29, 1.82) is 0 Å². The fraction of sp³-hybridized carbons (Fsp3) is 0.584. The van der Waals surface area contributed by atoms with Crippen LogP contribution in [0.2, 0.25) is 0 Å². The predicted molar refractivity (Wildman–Crippen MR) is 394 cm³/mol. The molecule has 10 atom stereocenters. The van der Waals surface area contributed by atoms with Gasteiger partial charge in [0.05, 0.1) is 36.7 Å². The van der Waals surface area contributed by atoms with Gasteiger partial charge in [-0.15, -0.1) is 13.2 Å². The maximum Gasteiger partial charge on any atom is 0.410 e. The van der Waals surface area contributed by atoms with Crippen molar-refractivity contribution in [1.82, 2.24) is 50.3 Å². The van der Waals surface area contributed by atoms with E-state index in [1.807, 2.05) is 12.2 Å². The summed E-state index contributed by atoms with van der Waals surface area (Å²) in [6, 6.07) is 3.64. The number of carbonyl (C=O) groups excluding carboxylic acids is 12. The zero-order valence-electron chi connectivity index (χ0n) is 63.1. The summed E-state index contributed by atoms with van der Waals surface area (Å²) in [7, 11) is -7.94. The molecule has 0 radical (unpaired) electrons. The van der Waals surface area contributed by atoms with Crippen molar-refractivity contribution in [2.45, 2.75) is 246 Å². The third-order valence-electron chi connectivity index (χ3n) is 21.3. The molecule has 8 fully saturated rings. The van der Waals surface area contributed by atoms with Crippen LogP contribution in [0.5, 0.6) is 0 Å². The number of nitrogens with one attached hydrogen (secondary N) is 6. The minimum absolute atomic E-state index is 0.0461. The molecule has 10 aliphatic rings. The van der Waals surface area contributed by atoms with Crippen LogP contribution in [0.25, 0.3) is 0 Å². The van der Waals surface area contributed by atoms with Gasteiger partial charge in [-0.25, -0.2) is 44.8 Å². The molecule has 111 heavy (non-hydrogen) atoms. The van der Waals surface area contributed by atoms with Gasteiger partial charge in [0.2, 0.25) is 43.7 Å². The molecule has 10 amide bonds. The van der Waals surface area contributed by atoms with E-state index in [0.717, 1.165) is 41.9 Å². The number of alkyl carbamates (subject to hydrolysis) is 2. The first-order valence-electron chi connectivity index (χ1n) is 37.7. The topological polar surface area (TPSA) is 395 Å². The molecular weight excluding hydrogens is 1490 g/mol. The molecule has 4 aliphatic heterocycles. The molecule has 0 spiro atoms. The average Bonchev–Trinajstić information content (AvgIpc) is 1.58. The van der Waals surface area contributed by atoms with E-state index in [0.29, 0.717) is 59.8 Å². The van der Waals surface area contributed by atoms with Crippen LogP contribution in [0, 0.1) is 35.3 Å². The number of nitrogens with zero attached hydrogens (tertiary/aromatic N) is 4. The number of sulfonamides is 2. The highest BCUT2D eigenvalue weighted by atomic mass is 32.2. The molecule has 602 valence electrons. The lowest BCUT2D eigenvalue weighted by Gasteiger charge is -2.30. The summed E-state index contributed by atoms with van der Waals surface area (Å²) < 4.78 is 106. The number of amides is 10. The minimum Gasteiger partial charge on any atom is -0.444 e. The van der Waals surface area contributed by atoms with Gasteiger partial charge in [0.25, 0.3) is 11.8 Å². The van der Waals surface area contributed by atoms with E-state index < -0.39 is 172 Å². The molecule has 6 N–H and O–H groups in total. The van der Waals surface area contributed by atoms with Crippen molar-refractivity contribution in [3.63, 3.8) is 0 Å². The lowest BCUT2D eigenvalue weighted by Crippen LogP contribution is -2.58. The first-order chi connectivity index (χ1) is 52.3. The van der Waals surface area contributed by atoms with Gasteiger partial charge in [0.1, 0.15) is 70.3 Å². The molecule has 2 aromatic rings. The minimum atomic E-state index is -3.97. The van der Waals surface area contributed by atoms with Crippen molar-refractivity contribution in [2.75, 3.05) is 13.1 Å². The quantitative estimate of drug-likeness (QED) is 0.0295. The van der Waals surface area contributed by atoms with E-state index in [1.54, 1.807) is 53.7 Å². The molecule has 0 aromatic heterocycles. The summed E-state index contributed by atoms with van der Waals surface area (Å²) in [5.74, 6) is -7.08. The number of allylic oxidation sites excluding steroid dienone is 4. The second-order valence-corrected chi connectivity index (χ2v) is 36.4. The largest absolute Gasteiger partial charge is 0.444 e. The molecule has 30 nitrogen and oxygen atoms in total. The SMILES string of the molecule is C=C[C@@H]1C[C@]1(NC(=O)[C@@H]1CC(OC(=O)N2Cc3cccc(F)c3C2)CN1C(=O)[C@H](CCC(=O)/C=C/C1CC1)NC(=O)OC(C)(C)C)C(=O)NS(=O)(=O)C1CC1.C=C[C@@H]1C[C@]1(NC(=O)[C@@H]1CC(OC(=O)N2Cc3cccc(F)c3C2)CN1C(=O)[C@H](CCC(=O)/C=C/C1CCC1)NC(=O)OC(C)(C)C)C(=O)NS(=O)(=O)C1CC1. The average molecular weight is 1590 g/mol. The maximum absolute atomic E-state index is 14.5. The fourth-order valence-electron chi connectivity index (χ4n) is 14.2. The number of halogens is 2. The zero-order chi connectivity index (χ0) is 80.4. The molecule has 12 rings (SSSR count). The summed E-state index contributed by atoms with van der Waals surface area (Å²) in [5.41, 5.74) is -3.25. The summed E-state index contributed by atoms with van der Waals surface area (Å²) in [5, 5.41) is 9.03. The number of likely N-dealkylation sites (tertiary alicyclic amines) is 2. The summed E-state index contributed by atoms with van der Waals surface area (Å²) in [6.45, 7) is 16.7. The number of ketones is 2. The highest BCUT2D eigenvalue weighted by Crippen LogP contribution is 2.47. The van der Waals surface area contributed by atoms with E-state index in [1.165, 1.54) is 58.4 Å². The third-order valence-corrected chi connectivity index (χ3v) is 25.0. The number of fused-ring (bicyclic) bond motifs is 2. The van der Waals surface area contributed by atoms with Gasteiger partial charge in [0, 0.05) is 61.7 Å². The standard InChI is InChI=1S/C39H50FN5O10S.C38H48FN5O10S/c1-5-25-19-39(25,35(49)43-56(52,53)28-15-16-28)42-33(47)32-18-27(54-37(51)44-20-24-10-7-11-30(40)29(24)22-44)21-45(32)34(48)31(41-36(50)55-38(2,3)4)17-14-26(46)13-12-23-8-6-9-23;1-5-24-18-38(24,34(48)42-55(51,52)27-14-15-27)41-32(46)31-17-26(53-36(50)43-19-23-7-6-8-29(39)28(23)21-43)20-44(31)33(47)30(40-35(49)54-37(2,3)4)16-13-25(45)12-11-22-9-10-22/h5,7,10-13,23,25,27-28,31-32H,1,6,8-9,14-22H2,2-4H3,(H,41,50)(H,42,47)(H,43,49);5-8,11-12,22,24,26-27,30-31H,1,9-10,13-21H2,2-4H3,(H,40,49)(H,41,46)(H,42,48)/b13-12+;12-11+/t25-,27?,31+,32+,39-;24-,26?,30+,31+,38-/m11/s1. The first-order valence-corrected chi connectivity index (χ1v) is 40.8. The highest BCUT2D eigenvalue weighted by molar-refractivity contribution is 7.91. The van der Waals surface area contributed by atoms with Crippen LogP contribution in [0.3, 0.4) is 0 Å². The van der Waals surface area contributed by atoms with E-state index in [2.05, 4.69) is 43.9 Å². The van der Waals surface area contributed by atoms with Crippen LogP contribution >= 0.6 is 0 Å². The van der Waals surface area contributed by atoms with Crippen LogP contribution in [0.15, 0.2) is 86.0 Å². The predicted octanol–water partition coefficient (Wildman–Crippen LogP) is 6.64. The molecular formula is C77H98F2N10O20S2. The smallest absolute Gasteiger partial charge is 0.410 e. The lowest BCUT2D eigenvalue weighted by atomic mass is 9.85. The fourth-order valence-corrected chi connectivity index (χ4v) is 16.9. The van der Waals surface area contributed by atoms with Crippen LogP contribution < -0.4 is 30.7 Å². The lowest BCUT2D eigenvalue weighted by molar-refractivity contribution is -0.141. The van der Waals surface area contributed by atoms with Crippen molar-refractivity contribution in [3.8, 4) is 0 Å². The summed E-state index contributed by atoms with van der Waals surface area (Å²) in [4.78, 5) is 167. The van der Waals surface area contributed by atoms with Crippen LogP contribution in [-0.4, -0.2) is 190 Å². The molecule has 4 heterocycles. The van der Waals surface area contributed by atoms with Gasteiger partial charge in [-0.1, -0.05) is 55.0 Å². The monoisotopic (exact) mass is 1580 g/mol. The van der Waals surface area contributed by atoms with Crippen LogP contribution in [0.1, 0.15) is 173 Å². The molecule has 2 unspecified atom stereocenters. The van der Waals surface area contributed by atoms with Gasteiger partial charge in [-0.3, -0.25) is 57.6 Å². The number of hydrogen-bond donors (Lipinski definition) is 6. The van der Waals surface area contributed by atoms with Gasteiger partial charge >= 0.3 is 24.4 Å².